The molecule has 2 unspecified atom stereocenters. The lowest BCUT2D eigenvalue weighted by molar-refractivity contribution is -0.0327. The van der Waals surface area contributed by atoms with Gasteiger partial charge in [-0.25, -0.2) is 0 Å². The van der Waals surface area contributed by atoms with Crippen molar-refractivity contribution in [3.8, 4) is 0 Å². The molecule has 1 heterocycles. The average Bonchev–Trinajstić information content (AvgIpc) is 2.99. The molecule has 136 valence electrons. The van der Waals surface area contributed by atoms with Crippen LogP contribution in [0.5, 0.6) is 0 Å². The van der Waals surface area contributed by atoms with Crippen molar-refractivity contribution >= 4 is 40.6 Å². The van der Waals surface area contributed by atoms with E-state index in [1.54, 1.807) is 24.3 Å². The molecule has 25 heavy (non-hydrogen) atoms. The maximum absolute atomic E-state index is 12.3. The van der Waals surface area contributed by atoms with E-state index in [2.05, 4.69) is 5.32 Å². The molecule has 0 radical (unpaired) electrons. The predicted molar refractivity (Wildman–Crippen MR) is 91.0 cm³/mol. The van der Waals surface area contributed by atoms with E-state index in [1.165, 1.54) is 12.1 Å². The Bertz CT molecular complexity index is 722. The van der Waals surface area contributed by atoms with Crippen LogP contribution in [0.25, 0.3) is 0 Å². The first kappa shape index (κ1) is 20.1. The van der Waals surface area contributed by atoms with Gasteiger partial charge in [-0.1, -0.05) is 23.7 Å². The maximum atomic E-state index is 12.3. The summed E-state index contributed by atoms with van der Waals surface area (Å²) in [5.41, 5.74) is -4.00. The molecule has 0 aliphatic carbocycles. The van der Waals surface area contributed by atoms with Crippen LogP contribution in [-0.2, 0) is 0 Å². The number of hydrogen-bond donors (Lipinski definition) is 3. The quantitative estimate of drug-likeness (QED) is 0.632. The molecule has 0 saturated carbocycles. The topological polar surface area (TPSA) is 69.6 Å². The van der Waals surface area contributed by atoms with E-state index >= 15 is 0 Å². The van der Waals surface area contributed by atoms with Crippen LogP contribution in [0.1, 0.15) is 21.3 Å². The monoisotopic (exact) mass is 411 g/mol. The van der Waals surface area contributed by atoms with Crippen LogP contribution in [0, 0.1) is 0 Å². The molecule has 2 atom stereocenters. The number of carbonyl (C=O) groups excluding carboxylic acids is 1. The summed E-state index contributed by atoms with van der Waals surface area (Å²) in [5.74, 6) is -0.675. The van der Waals surface area contributed by atoms with Crippen LogP contribution in [0.15, 0.2) is 40.6 Å². The number of amides is 1. The van der Waals surface area contributed by atoms with Crippen LogP contribution in [-0.4, -0.2) is 34.3 Å². The standard InChI is InChI=1S/C15H13ClF3NO3S2/c16-9-3-1-8(2-4-9)13(22)10(7-21)20-14(23)11-5-6-12(24-11)25-15(17,18)19/h1-6,10,13,21-22H,7H2,(H,20,23). The molecule has 4 nitrogen and oxygen atoms in total. The van der Waals surface area contributed by atoms with Gasteiger partial charge in [0.1, 0.15) is 6.10 Å². The number of aliphatic hydroxyl groups excluding tert-OH is 2. The number of rotatable bonds is 6. The summed E-state index contributed by atoms with van der Waals surface area (Å²) in [6.07, 6.45) is -1.20. The van der Waals surface area contributed by atoms with Crippen molar-refractivity contribution in [3.63, 3.8) is 0 Å². The number of halogens is 4. The molecule has 3 N–H and O–H groups in total. The molecule has 0 fully saturated rings. The molecule has 1 aromatic carbocycles. The highest BCUT2D eigenvalue weighted by atomic mass is 35.5. The molecule has 2 rings (SSSR count). The van der Waals surface area contributed by atoms with Crippen LogP contribution >= 0.6 is 34.7 Å². The molecule has 0 saturated heterocycles. The molecule has 0 aliphatic heterocycles. The van der Waals surface area contributed by atoms with Crippen molar-refractivity contribution in [1.82, 2.24) is 5.32 Å². The summed E-state index contributed by atoms with van der Waals surface area (Å²) in [6, 6.07) is 7.63. The Morgan fingerprint density at radius 3 is 2.44 bits per heavy atom. The van der Waals surface area contributed by atoms with Gasteiger partial charge in [-0.2, -0.15) is 13.2 Å². The fraction of sp³-hybridized carbons (Fsp3) is 0.267. The normalized spacial score (nSPS) is 14.2. The van der Waals surface area contributed by atoms with E-state index in [0.29, 0.717) is 21.9 Å². The van der Waals surface area contributed by atoms with Gasteiger partial charge in [-0.15, -0.1) is 11.3 Å². The minimum absolute atomic E-state index is 0.0495. The van der Waals surface area contributed by atoms with E-state index < -0.39 is 30.2 Å². The van der Waals surface area contributed by atoms with Gasteiger partial charge in [-0.3, -0.25) is 4.79 Å². The lowest BCUT2D eigenvalue weighted by Crippen LogP contribution is -2.41. The number of thiophene rings is 1. The van der Waals surface area contributed by atoms with Crippen LogP contribution in [0.2, 0.25) is 5.02 Å². The summed E-state index contributed by atoms with van der Waals surface area (Å²) in [7, 11) is 0. The fourth-order valence-corrected chi connectivity index (χ4v) is 3.82. The highest BCUT2D eigenvalue weighted by Crippen LogP contribution is 2.40. The van der Waals surface area contributed by atoms with E-state index in [9.17, 15) is 28.2 Å². The largest absolute Gasteiger partial charge is 0.447 e. The van der Waals surface area contributed by atoms with Crippen LogP contribution < -0.4 is 5.32 Å². The van der Waals surface area contributed by atoms with Crippen molar-refractivity contribution in [2.75, 3.05) is 6.61 Å². The Morgan fingerprint density at radius 1 is 1.24 bits per heavy atom. The van der Waals surface area contributed by atoms with Crippen LogP contribution in [0.4, 0.5) is 13.2 Å². The number of aliphatic hydroxyl groups is 2. The molecule has 1 aromatic heterocycles. The lowest BCUT2D eigenvalue weighted by Gasteiger charge is -2.22. The zero-order valence-electron chi connectivity index (χ0n) is 12.5. The summed E-state index contributed by atoms with van der Waals surface area (Å²) in [6.45, 7) is -0.551. The Kier molecular flexibility index (Phi) is 6.75. The second kappa shape index (κ2) is 8.41. The number of nitrogens with one attached hydrogen (secondary N) is 1. The second-order valence-corrected chi connectivity index (χ2v) is 7.81. The van der Waals surface area contributed by atoms with Gasteiger partial charge in [0.15, 0.2) is 0 Å². The first-order valence-corrected chi connectivity index (χ1v) is 8.91. The van der Waals surface area contributed by atoms with Gasteiger partial charge in [-0.05, 0) is 41.6 Å². The molecule has 2 aromatic rings. The zero-order chi connectivity index (χ0) is 18.6. The summed E-state index contributed by atoms with van der Waals surface area (Å²) < 4.78 is 36.9. The van der Waals surface area contributed by atoms with Gasteiger partial charge in [0, 0.05) is 5.02 Å². The summed E-state index contributed by atoms with van der Waals surface area (Å²) in [5, 5.41) is 22.6. The number of alkyl halides is 3. The molecule has 1 amide bonds. The van der Waals surface area contributed by atoms with Crippen molar-refractivity contribution in [2.24, 2.45) is 0 Å². The fourth-order valence-electron chi connectivity index (χ4n) is 1.97. The molecular weight excluding hydrogens is 399 g/mol. The van der Waals surface area contributed by atoms with E-state index in [0.717, 1.165) is 0 Å². The second-order valence-electron chi connectivity index (χ2n) is 4.93. The van der Waals surface area contributed by atoms with E-state index in [4.69, 9.17) is 11.6 Å². The smallest absolute Gasteiger partial charge is 0.394 e. The molecule has 0 spiro atoms. The van der Waals surface area contributed by atoms with Gasteiger partial charge in [0.05, 0.1) is 21.7 Å². The van der Waals surface area contributed by atoms with Crippen molar-refractivity contribution in [1.29, 1.82) is 0 Å². The molecular formula is C15H13ClF3NO3S2. The third-order valence-corrected chi connectivity index (χ3v) is 5.33. The number of benzene rings is 1. The third kappa shape index (κ3) is 5.89. The number of thioether (sulfide) groups is 1. The first-order chi connectivity index (χ1) is 11.7. The molecule has 0 aliphatic rings. The van der Waals surface area contributed by atoms with E-state index in [1.807, 2.05) is 0 Å². The van der Waals surface area contributed by atoms with Crippen molar-refractivity contribution in [3.05, 3.63) is 51.9 Å². The Hall–Kier alpha value is -1.26. The number of carbonyl (C=O) groups is 1. The van der Waals surface area contributed by atoms with Crippen LogP contribution in [0.3, 0.4) is 0 Å². The van der Waals surface area contributed by atoms with Crippen molar-refractivity contribution < 1.29 is 28.2 Å². The first-order valence-electron chi connectivity index (χ1n) is 6.90. The lowest BCUT2D eigenvalue weighted by atomic mass is 10.0. The average molecular weight is 412 g/mol. The van der Waals surface area contributed by atoms with Gasteiger partial charge in [0.25, 0.3) is 5.91 Å². The Labute approximate surface area is 154 Å². The van der Waals surface area contributed by atoms with Gasteiger partial charge in [0.2, 0.25) is 0 Å². The van der Waals surface area contributed by atoms with E-state index in [-0.39, 0.29) is 20.8 Å². The Morgan fingerprint density at radius 2 is 1.88 bits per heavy atom. The molecule has 10 heteroatoms. The predicted octanol–water partition coefficient (Wildman–Crippen LogP) is 3.84. The minimum Gasteiger partial charge on any atom is -0.394 e. The van der Waals surface area contributed by atoms with Gasteiger partial charge >= 0.3 is 5.51 Å². The molecule has 0 bridgehead atoms. The third-order valence-electron chi connectivity index (χ3n) is 3.13. The zero-order valence-corrected chi connectivity index (χ0v) is 14.8. The number of hydrogen-bond acceptors (Lipinski definition) is 5. The summed E-state index contributed by atoms with van der Waals surface area (Å²) in [4.78, 5) is 12.2. The SMILES string of the molecule is O=C(NC(CO)C(O)c1ccc(Cl)cc1)c1ccc(SC(F)(F)F)s1. The maximum Gasteiger partial charge on any atom is 0.447 e. The summed E-state index contributed by atoms with van der Waals surface area (Å²) >= 11 is 6.14. The Balaban J connectivity index is 2.05. The van der Waals surface area contributed by atoms with Crippen molar-refractivity contribution in [2.45, 2.75) is 21.9 Å². The minimum atomic E-state index is -4.43. The highest BCUT2D eigenvalue weighted by molar-refractivity contribution is 8.02. The highest BCUT2D eigenvalue weighted by Gasteiger charge is 2.30. The van der Waals surface area contributed by atoms with Gasteiger partial charge < -0.3 is 15.5 Å².